The van der Waals surface area contributed by atoms with Crippen LogP contribution in [0.25, 0.3) is 0 Å². The van der Waals surface area contributed by atoms with Crippen LogP contribution in [-0.4, -0.2) is 29.2 Å². The van der Waals surface area contributed by atoms with Gasteiger partial charge in [-0.15, -0.1) is 11.8 Å². The summed E-state index contributed by atoms with van der Waals surface area (Å²) in [6.07, 6.45) is 6.13. The van der Waals surface area contributed by atoms with Gasteiger partial charge in [0, 0.05) is 10.6 Å². The van der Waals surface area contributed by atoms with Gasteiger partial charge in [-0.25, -0.2) is 4.98 Å². The van der Waals surface area contributed by atoms with Crippen molar-refractivity contribution >= 4 is 35.1 Å². The van der Waals surface area contributed by atoms with Crippen molar-refractivity contribution in [3.63, 3.8) is 0 Å². The molecule has 5 nitrogen and oxygen atoms in total. The van der Waals surface area contributed by atoms with E-state index in [0.29, 0.717) is 5.89 Å². The average Bonchev–Trinajstić information content (AvgIpc) is 3.03. The quantitative estimate of drug-likeness (QED) is 0.754. The minimum atomic E-state index is -0.302. The zero-order valence-corrected chi connectivity index (χ0v) is 14.2. The summed E-state index contributed by atoms with van der Waals surface area (Å²) in [5.74, 6) is 1.02. The van der Waals surface area contributed by atoms with Gasteiger partial charge in [0.25, 0.3) is 5.91 Å². The zero-order chi connectivity index (χ0) is 15.9. The molecular formula is C15H19N3O2S2. The van der Waals surface area contributed by atoms with E-state index in [0.717, 1.165) is 22.8 Å². The Morgan fingerprint density at radius 1 is 1.36 bits per heavy atom. The van der Waals surface area contributed by atoms with E-state index in [-0.39, 0.29) is 17.6 Å². The van der Waals surface area contributed by atoms with E-state index < -0.39 is 0 Å². The maximum atomic E-state index is 12.1. The van der Waals surface area contributed by atoms with E-state index in [1.807, 2.05) is 36.8 Å². The van der Waals surface area contributed by atoms with Gasteiger partial charge in [0.1, 0.15) is 6.26 Å². The molecule has 0 saturated carbocycles. The highest BCUT2D eigenvalue weighted by molar-refractivity contribution is 7.98. The second-order valence-electron chi connectivity index (χ2n) is 4.64. The van der Waals surface area contributed by atoms with Crippen molar-refractivity contribution < 1.29 is 9.21 Å². The van der Waals surface area contributed by atoms with Crippen LogP contribution >= 0.6 is 23.5 Å². The SMILES string of the molecule is CSCCC(N)c1nc(C(=O)Nc2ccc(SC)cc2)co1. The van der Waals surface area contributed by atoms with Crippen LogP contribution in [0.4, 0.5) is 5.69 Å². The number of hydrogen-bond donors (Lipinski definition) is 2. The number of hydrogen-bond acceptors (Lipinski definition) is 6. The first-order valence-electron chi connectivity index (χ1n) is 6.79. The first-order chi connectivity index (χ1) is 10.6. The van der Waals surface area contributed by atoms with Gasteiger partial charge in [-0.05, 0) is 49.0 Å². The van der Waals surface area contributed by atoms with Crippen molar-refractivity contribution in [3.05, 3.63) is 42.1 Å². The predicted octanol–water partition coefficient (Wildman–Crippen LogP) is 3.40. The van der Waals surface area contributed by atoms with E-state index >= 15 is 0 Å². The number of nitrogens with two attached hydrogens (primary N) is 1. The molecule has 3 N–H and O–H groups in total. The summed E-state index contributed by atoms with van der Waals surface area (Å²) in [5, 5.41) is 2.79. The number of carbonyl (C=O) groups excluding carboxylic acids is 1. The Morgan fingerprint density at radius 2 is 2.09 bits per heavy atom. The van der Waals surface area contributed by atoms with Gasteiger partial charge in [-0.2, -0.15) is 11.8 Å². The van der Waals surface area contributed by atoms with Crippen LogP contribution in [0.5, 0.6) is 0 Å². The van der Waals surface area contributed by atoms with Crippen LogP contribution in [0.3, 0.4) is 0 Å². The standard InChI is InChI=1S/C15H19N3O2S2/c1-21-8-7-12(16)15-18-13(9-20-15)14(19)17-10-3-5-11(22-2)6-4-10/h3-6,9,12H,7-8,16H2,1-2H3,(H,17,19). The molecule has 0 aliphatic rings. The topological polar surface area (TPSA) is 81.1 Å². The van der Waals surface area contributed by atoms with Crippen molar-refractivity contribution in [2.75, 3.05) is 23.6 Å². The molecule has 7 heteroatoms. The van der Waals surface area contributed by atoms with Crippen LogP contribution in [0.1, 0.15) is 28.8 Å². The number of aromatic nitrogens is 1. The number of anilines is 1. The van der Waals surface area contributed by atoms with Gasteiger partial charge < -0.3 is 15.5 Å². The number of nitrogens with zero attached hydrogens (tertiary/aromatic N) is 1. The molecular weight excluding hydrogens is 318 g/mol. The first-order valence-corrected chi connectivity index (χ1v) is 9.41. The maximum Gasteiger partial charge on any atom is 0.277 e. The molecule has 0 saturated heterocycles. The molecule has 1 aromatic carbocycles. The molecule has 0 bridgehead atoms. The Morgan fingerprint density at radius 3 is 2.73 bits per heavy atom. The smallest absolute Gasteiger partial charge is 0.277 e. The monoisotopic (exact) mass is 337 g/mol. The Balaban J connectivity index is 1.98. The fourth-order valence-corrected chi connectivity index (χ4v) is 2.70. The molecule has 0 aliphatic heterocycles. The fraction of sp³-hybridized carbons (Fsp3) is 0.333. The number of benzene rings is 1. The number of oxazole rings is 1. The van der Waals surface area contributed by atoms with Crippen molar-refractivity contribution in [2.24, 2.45) is 5.73 Å². The van der Waals surface area contributed by atoms with Crippen molar-refractivity contribution in [1.82, 2.24) is 4.98 Å². The summed E-state index contributed by atoms with van der Waals surface area (Å²) in [7, 11) is 0. The Hall–Kier alpha value is -1.44. The molecule has 22 heavy (non-hydrogen) atoms. The van der Waals surface area contributed by atoms with E-state index in [9.17, 15) is 4.79 Å². The molecule has 0 radical (unpaired) electrons. The van der Waals surface area contributed by atoms with Crippen LogP contribution in [0, 0.1) is 0 Å². The molecule has 118 valence electrons. The first kappa shape index (κ1) is 16.9. The predicted molar refractivity (Wildman–Crippen MR) is 92.6 cm³/mol. The Bertz CT molecular complexity index is 614. The zero-order valence-electron chi connectivity index (χ0n) is 12.5. The molecule has 1 aromatic heterocycles. The van der Waals surface area contributed by atoms with E-state index in [4.69, 9.17) is 10.2 Å². The third kappa shape index (κ3) is 4.53. The molecule has 2 rings (SSSR count). The summed E-state index contributed by atoms with van der Waals surface area (Å²) in [4.78, 5) is 17.5. The molecule has 1 amide bonds. The molecule has 0 fully saturated rings. The van der Waals surface area contributed by atoms with Gasteiger partial charge in [0.05, 0.1) is 6.04 Å². The van der Waals surface area contributed by atoms with Gasteiger partial charge in [-0.1, -0.05) is 0 Å². The molecule has 0 aliphatic carbocycles. The largest absolute Gasteiger partial charge is 0.446 e. The number of thioether (sulfide) groups is 2. The van der Waals surface area contributed by atoms with Crippen LogP contribution < -0.4 is 11.1 Å². The highest BCUT2D eigenvalue weighted by Crippen LogP contribution is 2.19. The summed E-state index contributed by atoms with van der Waals surface area (Å²) in [6, 6.07) is 7.33. The second-order valence-corrected chi connectivity index (χ2v) is 6.51. The van der Waals surface area contributed by atoms with Crippen molar-refractivity contribution in [2.45, 2.75) is 17.4 Å². The summed E-state index contributed by atoms with van der Waals surface area (Å²) < 4.78 is 5.31. The molecule has 0 spiro atoms. The number of rotatable bonds is 7. The summed E-state index contributed by atoms with van der Waals surface area (Å²) >= 11 is 3.36. The van der Waals surface area contributed by atoms with Crippen LogP contribution in [0.2, 0.25) is 0 Å². The lowest BCUT2D eigenvalue weighted by Gasteiger charge is -2.05. The number of carbonyl (C=O) groups is 1. The minimum absolute atomic E-state index is 0.239. The second kappa shape index (κ2) is 8.26. The van der Waals surface area contributed by atoms with E-state index in [2.05, 4.69) is 10.3 Å². The lowest BCUT2D eigenvalue weighted by atomic mass is 10.2. The third-order valence-electron chi connectivity index (χ3n) is 3.05. The molecule has 2 aromatic rings. The fourth-order valence-electron chi connectivity index (χ4n) is 1.80. The van der Waals surface area contributed by atoms with Crippen LogP contribution in [-0.2, 0) is 0 Å². The lowest BCUT2D eigenvalue weighted by molar-refractivity contribution is 0.102. The number of amides is 1. The Labute approximate surface area is 138 Å². The molecule has 1 atom stereocenters. The van der Waals surface area contributed by atoms with Crippen molar-refractivity contribution in [3.8, 4) is 0 Å². The summed E-state index contributed by atoms with van der Waals surface area (Å²) in [5.41, 5.74) is 6.94. The van der Waals surface area contributed by atoms with Gasteiger partial charge in [-0.3, -0.25) is 4.79 Å². The Kier molecular flexibility index (Phi) is 6.35. The molecule has 1 heterocycles. The highest BCUT2D eigenvalue weighted by Gasteiger charge is 2.16. The van der Waals surface area contributed by atoms with E-state index in [1.165, 1.54) is 6.26 Å². The minimum Gasteiger partial charge on any atom is -0.446 e. The third-order valence-corrected chi connectivity index (χ3v) is 4.44. The van der Waals surface area contributed by atoms with Gasteiger partial charge >= 0.3 is 0 Å². The van der Waals surface area contributed by atoms with Gasteiger partial charge in [0.2, 0.25) is 5.89 Å². The van der Waals surface area contributed by atoms with Gasteiger partial charge in [0.15, 0.2) is 5.69 Å². The van der Waals surface area contributed by atoms with Crippen LogP contribution in [0.15, 0.2) is 39.8 Å². The average molecular weight is 337 g/mol. The molecule has 1 unspecified atom stereocenters. The normalized spacial score (nSPS) is 12.1. The highest BCUT2D eigenvalue weighted by atomic mass is 32.2. The summed E-state index contributed by atoms with van der Waals surface area (Å²) in [6.45, 7) is 0. The van der Waals surface area contributed by atoms with Crippen molar-refractivity contribution in [1.29, 1.82) is 0 Å². The number of nitrogens with one attached hydrogen (secondary N) is 1. The maximum absolute atomic E-state index is 12.1. The lowest BCUT2D eigenvalue weighted by Crippen LogP contribution is -2.14. The van der Waals surface area contributed by atoms with E-state index in [1.54, 1.807) is 23.5 Å².